The smallest absolute Gasteiger partial charge is 0.263 e. The minimum atomic E-state index is -5.99. The Hall–Kier alpha value is -1.50. The molecule has 0 bridgehead atoms. The van der Waals surface area contributed by atoms with E-state index in [1.807, 2.05) is 0 Å². The van der Waals surface area contributed by atoms with Crippen LogP contribution in [0.5, 0.6) is 0 Å². The van der Waals surface area contributed by atoms with E-state index in [0.29, 0.717) is 0 Å². The lowest BCUT2D eigenvalue weighted by atomic mass is 10.0. The molecule has 1 rings (SSSR count). The van der Waals surface area contributed by atoms with Gasteiger partial charge in [-0.25, -0.2) is 0 Å². The lowest BCUT2D eigenvalue weighted by Gasteiger charge is -2.14. The lowest BCUT2D eigenvalue weighted by Crippen LogP contribution is -2.26. The minimum Gasteiger partial charge on any atom is -0.263 e. The summed E-state index contributed by atoms with van der Waals surface area (Å²) in [6.07, 6.45) is -11.2. The van der Waals surface area contributed by atoms with Crippen molar-refractivity contribution in [2.45, 2.75) is 24.3 Å². The van der Waals surface area contributed by atoms with Gasteiger partial charge in [-0.2, -0.15) is 47.9 Å². The zero-order chi connectivity index (χ0) is 19.0. The Morgan fingerprint density at radius 1 is 0.792 bits per heavy atom. The molecule has 1 aromatic carbocycles. The van der Waals surface area contributed by atoms with Gasteiger partial charge in [0.2, 0.25) is 0 Å². The molecule has 0 saturated heterocycles. The van der Waals surface area contributed by atoms with E-state index in [-0.39, 0.29) is 18.2 Å². The van der Waals surface area contributed by atoms with Crippen LogP contribution < -0.4 is 0 Å². The third kappa shape index (κ3) is 5.26. The zero-order valence-corrected chi connectivity index (χ0v) is 12.0. The van der Waals surface area contributed by atoms with E-state index in [9.17, 15) is 47.9 Å². The quantitative estimate of drug-likeness (QED) is 0.441. The summed E-state index contributed by atoms with van der Waals surface area (Å²) in [6, 6.07) is 0.356. The highest BCUT2D eigenvalue weighted by Crippen LogP contribution is 2.36. The maximum absolute atomic E-state index is 12.6. The molecule has 0 fully saturated rings. The number of hydrogen-bond donors (Lipinski definition) is 0. The topological polar surface area (TPSA) is 43.4 Å². The number of benzene rings is 1. The third-order valence-corrected chi connectivity index (χ3v) is 3.60. The van der Waals surface area contributed by atoms with E-state index >= 15 is 0 Å². The molecule has 0 amide bonds. The predicted molar refractivity (Wildman–Crippen MR) is 61.1 cm³/mol. The van der Waals surface area contributed by atoms with E-state index < -0.39 is 57.7 Å². The monoisotopic (exact) mass is 390 g/mol. The molecule has 0 aliphatic rings. The fraction of sp³-hybridized carbons (Fsp3) is 0.455. The Morgan fingerprint density at radius 3 is 1.54 bits per heavy atom. The second-order valence-corrected chi connectivity index (χ2v) is 5.99. The van der Waals surface area contributed by atoms with E-state index in [2.05, 4.69) is 4.18 Å². The normalized spacial score (nSPS) is 14.0. The van der Waals surface area contributed by atoms with Crippen molar-refractivity contribution < 1.29 is 52.1 Å². The van der Waals surface area contributed by atoms with Gasteiger partial charge < -0.3 is 0 Å². The van der Waals surface area contributed by atoms with E-state index in [0.717, 1.165) is 0 Å². The standard InChI is InChI=1S/C11H7F9O3S/c12-9(13,14)7-3-6(4-8(5-7)10(15,16)17)1-2-23-24(21,22)11(18,19)20/h3-5H,1-2H2. The Balaban J connectivity index is 3.04. The molecule has 0 aromatic heterocycles. The molecule has 0 radical (unpaired) electrons. The number of hydrogen-bond acceptors (Lipinski definition) is 3. The maximum atomic E-state index is 12.6. The molecule has 13 heteroatoms. The number of halogens is 9. The summed E-state index contributed by atoms with van der Waals surface area (Å²) in [5.74, 6) is 0. The predicted octanol–water partition coefficient (Wildman–Crippen LogP) is 4.13. The fourth-order valence-electron chi connectivity index (χ4n) is 1.50. The SMILES string of the molecule is O=S(=O)(OCCc1cc(C(F)(F)F)cc(C(F)(F)F)c1)C(F)(F)F. The largest absolute Gasteiger partial charge is 0.523 e. The van der Waals surface area contributed by atoms with Gasteiger partial charge in [-0.15, -0.1) is 0 Å². The molecule has 138 valence electrons. The Labute approximate surface area is 129 Å². The first kappa shape index (κ1) is 20.5. The summed E-state index contributed by atoms with van der Waals surface area (Å²) in [5.41, 5.74) is -9.79. The van der Waals surface area contributed by atoms with Crippen LogP contribution in [-0.2, 0) is 33.1 Å². The first-order valence-electron chi connectivity index (χ1n) is 5.78. The summed E-state index contributed by atoms with van der Waals surface area (Å²) in [4.78, 5) is 0. The van der Waals surface area contributed by atoms with Crippen LogP contribution in [0.3, 0.4) is 0 Å². The Bertz CT molecular complexity index is 654. The molecule has 0 aliphatic heterocycles. The van der Waals surface area contributed by atoms with Gasteiger partial charge in [-0.3, -0.25) is 4.18 Å². The summed E-state index contributed by atoms with van der Waals surface area (Å²) < 4.78 is 136. The highest BCUT2D eigenvalue weighted by atomic mass is 32.2. The molecule has 0 saturated carbocycles. The Kier molecular flexibility index (Phi) is 5.50. The van der Waals surface area contributed by atoms with Crippen molar-refractivity contribution in [1.82, 2.24) is 0 Å². The maximum Gasteiger partial charge on any atom is 0.523 e. The highest BCUT2D eigenvalue weighted by Gasteiger charge is 2.47. The molecule has 0 spiro atoms. The summed E-state index contributed by atoms with van der Waals surface area (Å²) >= 11 is 0. The average Bonchev–Trinajstić information content (AvgIpc) is 2.34. The van der Waals surface area contributed by atoms with Gasteiger partial charge in [0.1, 0.15) is 0 Å². The van der Waals surface area contributed by atoms with Crippen molar-refractivity contribution in [3.8, 4) is 0 Å². The molecule has 0 atom stereocenters. The van der Waals surface area contributed by atoms with Crippen LogP contribution in [0, 0.1) is 0 Å². The van der Waals surface area contributed by atoms with Crippen molar-refractivity contribution in [3.63, 3.8) is 0 Å². The van der Waals surface area contributed by atoms with Crippen LogP contribution in [0.25, 0.3) is 0 Å². The van der Waals surface area contributed by atoms with Crippen LogP contribution >= 0.6 is 0 Å². The number of alkyl halides is 9. The van der Waals surface area contributed by atoms with Crippen LogP contribution in [0.2, 0.25) is 0 Å². The van der Waals surface area contributed by atoms with Crippen LogP contribution in [-0.4, -0.2) is 20.5 Å². The van der Waals surface area contributed by atoms with E-state index in [1.54, 1.807) is 0 Å². The van der Waals surface area contributed by atoms with Gasteiger partial charge in [0.05, 0.1) is 17.7 Å². The van der Waals surface area contributed by atoms with Crippen LogP contribution in [0.1, 0.15) is 16.7 Å². The zero-order valence-electron chi connectivity index (χ0n) is 11.2. The first-order chi connectivity index (χ1) is 10.5. The highest BCUT2D eigenvalue weighted by molar-refractivity contribution is 7.87. The van der Waals surface area contributed by atoms with E-state index in [1.165, 1.54) is 0 Å². The van der Waals surface area contributed by atoms with Gasteiger partial charge in [0.15, 0.2) is 0 Å². The molecule has 0 heterocycles. The van der Waals surface area contributed by atoms with Crippen molar-refractivity contribution in [2.24, 2.45) is 0 Å². The average molecular weight is 390 g/mol. The summed E-state index contributed by atoms with van der Waals surface area (Å²) in [6.45, 7) is -1.28. The molecular formula is C11H7F9O3S. The minimum absolute atomic E-state index is 0.170. The number of rotatable bonds is 4. The molecular weight excluding hydrogens is 383 g/mol. The molecule has 0 unspecified atom stereocenters. The van der Waals surface area contributed by atoms with Crippen LogP contribution in [0.15, 0.2) is 18.2 Å². The fourth-order valence-corrected chi connectivity index (χ4v) is 1.94. The van der Waals surface area contributed by atoms with Crippen molar-refractivity contribution in [1.29, 1.82) is 0 Å². The first-order valence-corrected chi connectivity index (χ1v) is 7.19. The third-order valence-electron chi connectivity index (χ3n) is 2.56. The van der Waals surface area contributed by atoms with Gasteiger partial charge >= 0.3 is 28.0 Å². The molecule has 0 aliphatic carbocycles. The second-order valence-electron chi connectivity index (χ2n) is 4.39. The van der Waals surface area contributed by atoms with Crippen molar-refractivity contribution in [3.05, 3.63) is 34.9 Å². The lowest BCUT2D eigenvalue weighted by molar-refractivity contribution is -0.143. The molecule has 1 aromatic rings. The molecule has 3 nitrogen and oxygen atoms in total. The van der Waals surface area contributed by atoms with Crippen molar-refractivity contribution in [2.75, 3.05) is 6.61 Å². The van der Waals surface area contributed by atoms with Gasteiger partial charge in [-0.05, 0) is 30.2 Å². The Morgan fingerprint density at radius 2 is 1.21 bits per heavy atom. The van der Waals surface area contributed by atoms with E-state index in [4.69, 9.17) is 0 Å². The van der Waals surface area contributed by atoms with Gasteiger partial charge in [0, 0.05) is 0 Å². The molecule has 0 N–H and O–H groups in total. The molecule has 24 heavy (non-hydrogen) atoms. The van der Waals surface area contributed by atoms with Gasteiger partial charge in [0.25, 0.3) is 0 Å². The van der Waals surface area contributed by atoms with Crippen molar-refractivity contribution >= 4 is 10.1 Å². The summed E-state index contributed by atoms with van der Waals surface area (Å²) in [5, 5.41) is 0. The second kappa shape index (κ2) is 6.43. The summed E-state index contributed by atoms with van der Waals surface area (Å²) in [7, 11) is -5.99. The van der Waals surface area contributed by atoms with Gasteiger partial charge in [-0.1, -0.05) is 0 Å². The van der Waals surface area contributed by atoms with Crippen LogP contribution in [0.4, 0.5) is 39.5 Å².